The molecule has 1 aromatic carbocycles. The normalized spacial score (nSPS) is 28.7. The number of thiophene rings is 1. The molecule has 8 aliphatic carbocycles. The molecular weight excluding hydrogens is 725 g/mol. The molecule has 2 aromatic rings. The van der Waals surface area contributed by atoms with Gasteiger partial charge in [-0.2, -0.15) is 0 Å². The van der Waals surface area contributed by atoms with Crippen LogP contribution in [0, 0.1) is 5.92 Å². The number of anilines is 1. The van der Waals surface area contributed by atoms with E-state index in [1.54, 1.807) is 11.1 Å². The third kappa shape index (κ3) is 5.80. The number of rotatable bonds is 6. The lowest BCUT2D eigenvalue weighted by Crippen LogP contribution is -2.37. The van der Waals surface area contributed by atoms with Crippen molar-refractivity contribution >= 4 is 28.8 Å². The second-order valence-corrected chi connectivity index (χ2v) is 18.7. The fourth-order valence-corrected chi connectivity index (χ4v) is 13.1. The highest BCUT2D eigenvalue weighted by Gasteiger charge is 2.47. The number of allylic oxidation sites excluding steroid dienone is 18. The van der Waals surface area contributed by atoms with Crippen LogP contribution < -0.4 is 4.90 Å². The Balaban J connectivity index is 0.846. The van der Waals surface area contributed by atoms with Crippen LogP contribution in [0.3, 0.4) is 0 Å². The summed E-state index contributed by atoms with van der Waals surface area (Å²) in [7, 11) is 0. The van der Waals surface area contributed by atoms with Gasteiger partial charge in [0.25, 0.3) is 0 Å². The Morgan fingerprint density at radius 1 is 0.741 bits per heavy atom. The minimum absolute atomic E-state index is 0.199. The maximum atomic E-state index is 6.56. The van der Waals surface area contributed by atoms with Gasteiger partial charge in [0.1, 0.15) is 11.9 Å². The van der Waals surface area contributed by atoms with Gasteiger partial charge in [-0.05, 0) is 153 Å². The Labute approximate surface area is 348 Å². The molecule has 58 heavy (non-hydrogen) atoms. The van der Waals surface area contributed by atoms with Crippen molar-refractivity contribution in [3.05, 3.63) is 193 Å². The Kier molecular flexibility index (Phi) is 8.64. The van der Waals surface area contributed by atoms with Crippen LogP contribution in [0.5, 0.6) is 0 Å². The van der Waals surface area contributed by atoms with Crippen LogP contribution in [0.2, 0.25) is 0 Å². The van der Waals surface area contributed by atoms with E-state index in [4.69, 9.17) is 4.74 Å². The van der Waals surface area contributed by atoms with Crippen molar-refractivity contribution in [3.8, 4) is 0 Å². The molecule has 0 spiro atoms. The highest BCUT2D eigenvalue weighted by molar-refractivity contribution is 7.14. The third-order valence-electron chi connectivity index (χ3n) is 14.6. The Bertz CT molecular complexity index is 2510. The summed E-state index contributed by atoms with van der Waals surface area (Å²) in [6.07, 6.45) is 55.5. The number of ether oxygens (including phenoxy) is 1. The predicted octanol–water partition coefficient (Wildman–Crippen LogP) is 13.2. The summed E-state index contributed by atoms with van der Waals surface area (Å²) in [5, 5.41) is 0. The first kappa shape index (κ1) is 34.9. The largest absolute Gasteiger partial charge is 0.485 e. The molecule has 0 bridgehead atoms. The standard InChI is InChI=1S/C54H52N2OS/c1-2-11-35(12-3-1)36-21-27-39(28-22-36)55(49-18-10-16-45-44-15-6-9-20-53(44)58-54(45)49)40-29-23-37(24-30-40)38-25-31-41(32-26-38)56-48-17-7-4-13-42(48)46-34-52-47(33-50(46)56)43-14-5-8-19-51(43)57-52/h1-4,7-9,11,13,17-23,25,27,29,31,33,35,39,46,50,52H,5-6,10,12,14-16,24,26,28,30,32,34H2. The number of nitrogens with zero attached hydrogens (tertiary/aromatic N) is 2. The number of fused-ring (bicyclic) bond motifs is 8. The van der Waals surface area contributed by atoms with Gasteiger partial charge in [-0.25, -0.2) is 0 Å². The van der Waals surface area contributed by atoms with E-state index in [9.17, 15) is 0 Å². The molecule has 0 amide bonds. The van der Waals surface area contributed by atoms with Gasteiger partial charge in [0.15, 0.2) is 0 Å². The molecule has 12 rings (SSSR count). The SMILES string of the molecule is C1=CCC(C2=CCC(N(C3=CC=C(C4=CC=C(N5c6ccccc6C6CC7OC8=C(CCC=C8)C7=CC65)CC4)CC3)C3=CCCc4c3sc3c4CCC=C3)C=C2)C=C1. The monoisotopic (exact) mass is 776 g/mol. The van der Waals surface area contributed by atoms with Gasteiger partial charge in [-0.15, -0.1) is 11.3 Å². The van der Waals surface area contributed by atoms with Crippen LogP contribution in [-0.4, -0.2) is 23.1 Å². The Hall–Kier alpha value is -5.06. The number of hydrogen-bond acceptors (Lipinski definition) is 4. The number of benzene rings is 1. The molecule has 5 unspecified atom stereocenters. The van der Waals surface area contributed by atoms with E-state index >= 15 is 0 Å². The van der Waals surface area contributed by atoms with Crippen LogP contribution in [0.25, 0.3) is 11.8 Å². The van der Waals surface area contributed by atoms with E-state index in [0.717, 1.165) is 70.0 Å². The first-order valence-corrected chi connectivity index (χ1v) is 23.1. The molecule has 1 aromatic heterocycles. The minimum Gasteiger partial charge on any atom is -0.485 e. The maximum Gasteiger partial charge on any atom is 0.125 e. The summed E-state index contributed by atoms with van der Waals surface area (Å²) >= 11 is 2.04. The molecule has 5 atom stereocenters. The molecule has 10 aliphatic rings. The average molecular weight is 777 g/mol. The second kappa shape index (κ2) is 14.3. The quantitative estimate of drug-likeness (QED) is 0.291. The molecule has 2 aliphatic heterocycles. The van der Waals surface area contributed by atoms with Gasteiger partial charge in [-0.3, -0.25) is 0 Å². The van der Waals surface area contributed by atoms with E-state index in [0.29, 0.717) is 23.9 Å². The van der Waals surface area contributed by atoms with E-state index < -0.39 is 0 Å². The lowest BCUT2D eigenvalue weighted by Gasteiger charge is -2.39. The van der Waals surface area contributed by atoms with E-state index in [2.05, 4.69) is 137 Å². The van der Waals surface area contributed by atoms with E-state index in [1.165, 1.54) is 85.2 Å². The van der Waals surface area contributed by atoms with Gasteiger partial charge in [0.2, 0.25) is 0 Å². The number of hydrogen-bond donors (Lipinski definition) is 0. The topological polar surface area (TPSA) is 15.7 Å². The summed E-state index contributed by atoms with van der Waals surface area (Å²) in [4.78, 5) is 8.48. The average Bonchev–Trinajstić information content (AvgIpc) is 3.96. The van der Waals surface area contributed by atoms with Crippen LogP contribution in [0.15, 0.2) is 167 Å². The van der Waals surface area contributed by atoms with Gasteiger partial charge in [0, 0.05) is 39.4 Å². The Morgan fingerprint density at radius 2 is 1.62 bits per heavy atom. The molecule has 0 radical (unpaired) electrons. The molecule has 290 valence electrons. The minimum atomic E-state index is 0.199. The van der Waals surface area contributed by atoms with E-state index in [1.807, 2.05) is 11.3 Å². The first-order chi connectivity index (χ1) is 28.7. The fraction of sp³-hybridized carbons (Fsp3) is 0.333. The van der Waals surface area contributed by atoms with Gasteiger partial charge in [0.05, 0.1) is 22.7 Å². The van der Waals surface area contributed by atoms with Crippen molar-refractivity contribution in [2.24, 2.45) is 5.92 Å². The molecule has 0 saturated heterocycles. The first-order valence-electron chi connectivity index (χ1n) is 22.2. The lowest BCUT2D eigenvalue weighted by atomic mass is 9.79. The molecule has 0 fully saturated rings. The molecule has 4 heteroatoms. The summed E-state index contributed by atoms with van der Waals surface area (Å²) in [5.41, 5.74) is 17.9. The van der Waals surface area contributed by atoms with E-state index in [-0.39, 0.29) is 6.10 Å². The Morgan fingerprint density at radius 3 is 2.47 bits per heavy atom. The van der Waals surface area contributed by atoms with Crippen molar-refractivity contribution in [1.82, 2.24) is 4.90 Å². The fourth-order valence-electron chi connectivity index (χ4n) is 11.7. The van der Waals surface area contributed by atoms with Crippen molar-refractivity contribution in [1.29, 1.82) is 0 Å². The zero-order valence-corrected chi connectivity index (χ0v) is 34.2. The van der Waals surface area contributed by atoms with Gasteiger partial charge < -0.3 is 14.5 Å². The zero-order valence-electron chi connectivity index (χ0n) is 33.4. The molecule has 3 nitrogen and oxygen atoms in total. The molecule has 0 saturated carbocycles. The summed E-state index contributed by atoms with van der Waals surface area (Å²) in [5.74, 6) is 2.09. The summed E-state index contributed by atoms with van der Waals surface area (Å²) in [6.45, 7) is 0. The van der Waals surface area contributed by atoms with Gasteiger partial charge in [-0.1, -0.05) is 97.2 Å². The van der Waals surface area contributed by atoms with Crippen LogP contribution in [0.1, 0.15) is 103 Å². The zero-order chi connectivity index (χ0) is 38.2. The van der Waals surface area contributed by atoms with Crippen molar-refractivity contribution in [2.75, 3.05) is 4.90 Å². The van der Waals surface area contributed by atoms with Crippen LogP contribution in [-0.2, 0) is 17.6 Å². The summed E-state index contributed by atoms with van der Waals surface area (Å²) in [6, 6.07) is 9.86. The predicted molar refractivity (Wildman–Crippen MR) is 241 cm³/mol. The van der Waals surface area contributed by atoms with Crippen molar-refractivity contribution in [3.63, 3.8) is 0 Å². The van der Waals surface area contributed by atoms with Crippen molar-refractivity contribution in [2.45, 2.75) is 108 Å². The van der Waals surface area contributed by atoms with Crippen LogP contribution >= 0.6 is 11.3 Å². The highest BCUT2D eigenvalue weighted by atomic mass is 32.1. The maximum absolute atomic E-state index is 6.56. The van der Waals surface area contributed by atoms with Gasteiger partial charge >= 0.3 is 0 Å². The summed E-state index contributed by atoms with van der Waals surface area (Å²) < 4.78 is 6.56. The number of para-hydroxylation sites is 1. The molecule has 0 N–H and O–H groups in total. The second-order valence-electron chi connectivity index (χ2n) is 17.7. The molecule has 3 heterocycles. The molecular formula is C54H52N2OS. The lowest BCUT2D eigenvalue weighted by molar-refractivity contribution is 0.152. The smallest absolute Gasteiger partial charge is 0.125 e. The van der Waals surface area contributed by atoms with Crippen molar-refractivity contribution < 1.29 is 4.74 Å². The van der Waals surface area contributed by atoms with Crippen LogP contribution in [0.4, 0.5) is 5.69 Å². The third-order valence-corrected chi connectivity index (χ3v) is 15.8. The highest BCUT2D eigenvalue weighted by Crippen LogP contribution is 2.54.